The molecule has 0 fully saturated rings. The zero-order chi connectivity index (χ0) is 11.0. The Hall–Kier alpha value is -0.340. The predicted molar refractivity (Wildman–Crippen MR) is 62.6 cm³/mol. The third-order valence-corrected chi connectivity index (χ3v) is 1.82. The molecule has 0 aromatic heterocycles. The molecule has 2 nitrogen and oxygen atoms in total. The SMILES string of the molecule is C=C(C)COCCNCCC(C)(C)C. The average Bonchev–Trinajstić information content (AvgIpc) is 2.00. The van der Waals surface area contributed by atoms with Crippen LogP contribution in [0.5, 0.6) is 0 Å². The van der Waals surface area contributed by atoms with Gasteiger partial charge in [-0.15, -0.1) is 0 Å². The monoisotopic (exact) mass is 199 g/mol. The van der Waals surface area contributed by atoms with E-state index in [1.807, 2.05) is 6.92 Å². The Bertz CT molecular complexity index is 158. The van der Waals surface area contributed by atoms with Crippen molar-refractivity contribution in [3.63, 3.8) is 0 Å². The van der Waals surface area contributed by atoms with Crippen molar-refractivity contribution in [2.45, 2.75) is 34.1 Å². The molecule has 0 aromatic carbocycles. The summed E-state index contributed by atoms with van der Waals surface area (Å²) in [4.78, 5) is 0. The summed E-state index contributed by atoms with van der Waals surface area (Å²) >= 11 is 0. The standard InChI is InChI=1S/C12H25NO/c1-11(2)10-14-9-8-13-7-6-12(3,4)5/h13H,1,6-10H2,2-5H3. The highest BCUT2D eigenvalue weighted by Crippen LogP contribution is 2.16. The fraction of sp³-hybridized carbons (Fsp3) is 0.833. The molecule has 84 valence electrons. The summed E-state index contributed by atoms with van der Waals surface area (Å²) in [5.74, 6) is 0. The van der Waals surface area contributed by atoms with Crippen molar-refractivity contribution in [2.75, 3.05) is 26.3 Å². The molecule has 0 aliphatic rings. The molecule has 0 heterocycles. The van der Waals surface area contributed by atoms with Crippen LogP contribution in [0.15, 0.2) is 12.2 Å². The first-order valence-corrected chi connectivity index (χ1v) is 5.35. The topological polar surface area (TPSA) is 21.3 Å². The van der Waals surface area contributed by atoms with Crippen molar-refractivity contribution >= 4 is 0 Å². The molecule has 0 amide bonds. The molecule has 0 aliphatic heterocycles. The second-order valence-electron chi connectivity index (χ2n) is 5.07. The van der Waals surface area contributed by atoms with Gasteiger partial charge in [0.05, 0.1) is 13.2 Å². The molecular weight excluding hydrogens is 174 g/mol. The van der Waals surface area contributed by atoms with E-state index in [0.29, 0.717) is 12.0 Å². The largest absolute Gasteiger partial charge is 0.376 e. The molecule has 0 saturated carbocycles. The van der Waals surface area contributed by atoms with Crippen LogP contribution in [0.25, 0.3) is 0 Å². The molecule has 0 aliphatic carbocycles. The second kappa shape index (κ2) is 7.02. The lowest BCUT2D eigenvalue weighted by atomic mass is 9.92. The van der Waals surface area contributed by atoms with Crippen molar-refractivity contribution in [3.05, 3.63) is 12.2 Å². The molecule has 0 aromatic rings. The number of rotatable bonds is 7. The normalized spacial score (nSPS) is 11.7. The van der Waals surface area contributed by atoms with Gasteiger partial charge in [0, 0.05) is 6.54 Å². The van der Waals surface area contributed by atoms with Crippen molar-refractivity contribution in [2.24, 2.45) is 5.41 Å². The Morgan fingerprint density at radius 3 is 2.43 bits per heavy atom. The molecule has 0 spiro atoms. The molecule has 14 heavy (non-hydrogen) atoms. The van der Waals surface area contributed by atoms with E-state index < -0.39 is 0 Å². The van der Waals surface area contributed by atoms with Crippen LogP contribution in [0.4, 0.5) is 0 Å². The highest BCUT2D eigenvalue weighted by Gasteiger charge is 2.08. The maximum absolute atomic E-state index is 5.37. The fourth-order valence-electron chi connectivity index (χ4n) is 0.979. The zero-order valence-electron chi connectivity index (χ0n) is 10.2. The quantitative estimate of drug-likeness (QED) is 0.502. The molecule has 2 heteroatoms. The Kier molecular flexibility index (Phi) is 6.85. The Labute approximate surface area is 88.7 Å². The van der Waals surface area contributed by atoms with E-state index >= 15 is 0 Å². The first-order valence-electron chi connectivity index (χ1n) is 5.35. The molecule has 0 rings (SSSR count). The third-order valence-electron chi connectivity index (χ3n) is 1.82. The summed E-state index contributed by atoms with van der Waals surface area (Å²) in [5, 5.41) is 3.36. The zero-order valence-corrected chi connectivity index (χ0v) is 10.2. The maximum Gasteiger partial charge on any atom is 0.0672 e. The van der Waals surface area contributed by atoms with Crippen molar-refractivity contribution in [1.29, 1.82) is 0 Å². The number of hydrogen-bond acceptors (Lipinski definition) is 2. The summed E-state index contributed by atoms with van der Waals surface area (Å²) in [5.41, 5.74) is 1.51. The fourth-order valence-corrected chi connectivity index (χ4v) is 0.979. The van der Waals surface area contributed by atoms with Gasteiger partial charge in [0.2, 0.25) is 0 Å². The van der Waals surface area contributed by atoms with E-state index in [-0.39, 0.29) is 0 Å². The summed E-state index contributed by atoms with van der Waals surface area (Å²) < 4.78 is 5.37. The van der Waals surface area contributed by atoms with Crippen LogP contribution >= 0.6 is 0 Å². The highest BCUT2D eigenvalue weighted by atomic mass is 16.5. The maximum atomic E-state index is 5.37. The average molecular weight is 199 g/mol. The van der Waals surface area contributed by atoms with Gasteiger partial charge in [0.25, 0.3) is 0 Å². The van der Waals surface area contributed by atoms with E-state index in [9.17, 15) is 0 Å². The van der Waals surface area contributed by atoms with Crippen LogP contribution in [0.1, 0.15) is 34.1 Å². The molecular formula is C12H25NO. The molecule has 0 radical (unpaired) electrons. The number of hydrogen-bond donors (Lipinski definition) is 1. The van der Waals surface area contributed by atoms with Gasteiger partial charge in [-0.25, -0.2) is 0 Å². The minimum Gasteiger partial charge on any atom is -0.376 e. The lowest BCUT2D eigenvalue weighted by Gasteiger charge is -2.18. The van der Waals surface area contributed by atoms with Gasteiger partial charge in [-0.1, -0.05) is 32.9 Å². The van der Waals surface area contributed by atoms with Gasteiger partial charge in [0.15, 0.2) is 0 Å². The lowest BCUT2D eigenvalue weighted by Crippen LogP contribution is -2.24. The second-order valence-corrected chi connectivity index (χ2v) is 5.07. The smallest absolute Gasteiger partial charge is 0.0672 e. The van der Waals surface area contributed by atoms with Crippen molar-refractivity contribution in [3.8, 4) is 0 Å². The van der Waals surface area contributed by atoms with E-state index in [2.05, 4.69) is 32.7 Å². The molecule has 1 N–H and O–H groups in total. The van der Waals surface area contributed by atoms with Crippen LogP contribution in [0.2, 0.25) is 0 Å². The Morgan fingerprint density at radius 1 is 1.29 bits per heavy atom. The predicted octanol–water partition coefficient (Wildman–Crippen LogP) is 2.60. The van der Waals surface area contributed by atoms with E-state index in [4.69, 9.17) is 4.74 Å². The third kappa shape index (κ3) is 11.7. The summed E-state index contributed by atoms with van der Waals surface area (Å²) in [6, 6.07) is 0. The highest BCUT2D eigenvalue weighted by molar-refractivity contribution is 4.87. The van der Waals surface area contributed by atoms with Crippen molar-refractivity contribution < 1.29 is 4.74 Å². The van der Waals surface area contributed by atoms with Crippen LogP contribution in [-0.2, 0) is 4.74 Å². The molecule has 0 unspecified atom stereocenters. The molecule has 0 bridgehead atoms. The van der Waals surface area contributed by atoms with E-state index in [1.165, 1.54) is 6.42 Å². The molecule has 0 saturated heterocycles. The van der Waals surface area contributed by atoms with Gasteiger partial charge in [-0.2, -0.15) is 0 Å². The van der Waals surface area contributed by atoms with Gasteiger partial charge in [-0.3, -0.25) is 0 Å². The van der Waals surface area contributed by atoms with Gasteiger partial charge in [0.1, 0.15) is 0 Å². The van der Waals surface area contributed by atoms with Crippen LogP contribution < -0.4 is 5.32 Å². The lowest BCUT2D eigenvalue weighted by molar-refractivity contribution is 0.157. The number of nitrogens with one attached hydrogen (secondary N) is 1. The van der Waals surface area contributed by atoms with Crippen LogP contribution in [0, 0.1) is 5.41 Å². The Morgan fingerprint density at radius 2 is 1.93 bits per heavy atom. The summed E-state index contributed by atoms with van der Waals surface area (Å²) in [7, 11) is 0. The van der Waals surface area contributed by atoms with Crippen LogP contribution in [-0.4, -0.2) is 26.3 Å². The van der Waals surface area contributed by atoms with E-state index in [1.54, 1.807) is 0 Å². The van der Waals surface area contributed by atoms with Gasteiger partial charge >= 0.3 is 0 Å². The van der Waals surface area contributed by atoms with Crippen molar-refractivity contribution in [1.82, 2.24) is 5.32 Å². The molecule has 0 atom stereocenters. The summed E-state index contributed by atoms with van der Waals surface area (Å²) in [6.45, 7) is 16.0. The first kappa shape index (κ1) is 13.7. The van der Waals surface area contributed by atoms with E-state index in [0.717, 1.165) is 25.3 Å². The number of ether oxygens (including phenoxy) is 1. The van der Waals surface area contributed by atoms with Gasteiger partial charge < -0.3 is 10.1 Å². The Balaban J connectivity index is 3.11. The minimum absolute atomic E-state index is 0.422. The van der Waals surface area contributed by atoms with Crippen LogP contribution in [0.3, 0.4) is 0 Å². The summed E-state index contributed by atoms with van der Waals surface area (Å²) in [6.07, 6.45) is 1.20. The minimum atomic E-state index is 0.422. The van der Waals surface area contributed by atoms with Gasteiger partial charge in [-0.05, 0) is 25.3 Å². The first-order chi connectivity index (χ1) is 6.42.